The lowest BCUT2D eigenvalue weighted by molar-refractivity contribution is 0.278. The number of furan rings is 1. The molecule has 1 aromatic heterocycles. The number of rotatable bonds is 12. The Morgan fingerprint density at radius 2 is 1.62 bits per heavy atom. The second-order valence-corrected chi connectivity index (χ2v) is 16.3. The van der Waals surface area contributed by atoms with E-state index < -0.39 is 0 Å². The van der Waals surface area contributed by atoms with Crippen molar-refractivity contribution in [3.8, 4) is 11.1 Å². The number of nitrogens with one attached hydrogen (secondary N) is 2. The second kappa shape index (κ2) is 14.8. The lowest BCUT2D eigenvalue weighted by Crippen LogP contribution is -2.48. The summed E-state index contributed by atoms with van der Waals surface area (Å²) in [4.78, 5) is 0. The minimum atomic E-state index is -0.0979. The van der Waals surface area contributed by atoms with Gasteiger partial charge in [0.25, 0.3) is 0 Å². The van der Waals surface area contributed by atoms with Crippen molar-refractivity contribution in [1.82, 2.24) is 0 Å². The first-order valence-corrected chi connectivity index (χ1v) is 18.3. The molecule has 4 heteroatoms. The molecule has 3 nitrogen and oxygen atoms in total. The van der Waals surface area contributed by atoms with Gasteiger partial charge in [-0.2, -0.15) is 0 Å². The molecule has 1 aliphatic rings. The summed E-state index contributed by atoms with van der Waals surface area (Å²) in [7, 11) is 0. The minimum absolute atomic E-state index is 0.0193. The van der Waals surface area contributed by atoms with Crippen molar-refractivity contribution < 1.29 is 4.42 Å². The summed E-state index contributed by atoms with van der Waals surface area (Å²) >= 11 is 0. The topological polar surface area (TPSA) is 37.2 Å². The van der Waals surface area contributed by atoms with Crippen LogP contribution in [-0.2, 0) is 16.2 Å². The molecule has 0 fully saturated rings. The third-order valence-electron chi connectivity index (χ3n) is 10.4. The van der Waals surface area contributed by atoms with Crippen LogP contribution in [0.25, 0.3) is 11.1 Å². The summed E-state index contributed by atoms with van der Waals surface area (Å²) < 4.78 is 6.61. The highest BCUT2D eigenvalue weighted by atomic mass is 16.3. The highest BCUT2D eigenvalue weighted by Gasteiger charge is 2.44. The van der Waals surface area contributed by atoms with Crippen LogP contribution in [0.2, 0.25) is 0 Å². The molecule has 0 aliphatic heterocycles. The van der Waals surface area contributed by atoms with Crippen molar-refractivity contribution in [2.24, 2.45) is 0 Å². The van der Waals surface area contributed by atoms with Gasteiger partial charge in [-0.05, 0) is 100 Å². The average molecular weight is 665 g/mol. The van der Waals surface area contributed by atoms with Crippen molar-refractivity contribution in [2.45, 2.75) is 97.8 Å². The lowest BCUT2D eigenvalue weighted by Gasteiger charge is -2.39. The van der Waals surface area contributed by atoms with Gasteiger partial charge in [-0.25, -0.2) is 0 Å². The van der Waals surface area contributed by atoms with Crippen LogP contribution < -0.4 is 21.6 Å². The van der Waals surface area contributed by atoms with Crippen LogP contribution in [0, 0.1) is 6.92 Å². The predicted octanol–water partition coefficient (Wildman–Crippen LogP) is 11.5. The van der Waals surface area contributed by atoms with Gasteiger partial charge in [0.05, 0.1) is 6.26 Å². The quantitative estimate of drug-likeness (QED) is 0.0899. The van der Waals surface area contributed by atoms with E-state index in [9.17, 15) is 0 Å². The average Bonchev–Trinajstić information content (AvgIpc) is 3.55. The lowest BCUT2D eigenvalue weighted by atomic mass is 9.38. The molecule has 3 aromatic carbocycles. The van der Waals surface area contributed by atoms with Crippen molar-refractivity contribution >= 4 is 34.7 Å². The SMILES string of the molecule is C=CCNc1cc(C)cc(Nc2ccc(C(C)(C)C)cc2-c2ccccc2)c1B(/C=C/C=C(\C=C)CC)c1coc2c1C(C)(C)CCC2(C)C. The maximum absolute atomic E-state index is 6.61. The van der Waals surface area contributed by atoms with E-state index >= 15 is 0 Å². The summed E-state index contributed by atoms with van der Waals surface area (Å²) in [5.41, 5.74) is 13.0. The van der Waals surface area contributed by atoms with Gasteiger partial charge in [-0.15, -0.1) is 12.6 Å². The fourth-order valence-electron chi connectivity index (χ4n) is 7.32. The van der Waals surface area contributed by atoms with Crippen molar-refractivity contribution in [1.29, 1.82) is 0 Å². The van der Waals surface area contributed by atoms with Crippen molar-refractivity contribution in [2.75, 3.05) is 17.2 Å². The molecule has 1 aliphatic carbocycles. The van der Waals surface area contributed by atoms with E-state index in [1.54, 1.807) is 0 Å². The van der Waals surface area contributed by atoms with E-state index in [-0.39, 0.29) is 23.0 Å². The Morgan fingerprint density at radius 1 is 0.920 bits per heavy atom. The Labute approximate surface area is 302 Å². The summed E-state index contributed by atoms with van der Waals surface area (Å²) in [6, 6.07) is 22.1. The Bertz CT molecular complexity index is 1900. The molecule has 5 rings (SSSR count). The molecular formula is C46H57BN2O. The van der Waals surface area contributed by atoms with Crippen molar-refractivity contribution in [3.63, 3.8) is 0 Å². The molecule has 0 radical (unpaired) electrons. The number of hydrogen-bond donors (Lipinski definition) is 2. The largest absolute Gasteiger partial charge is 0.469 e. The molecule has 4 aromatic rings. The molecule has 260 valence electrons. The fourth-order valence-corrected chi connectivity index (χ4v) is 7.32. The number of anilines is 3. The molecule has 0 atom stereocenters. The Hall–Kier alpha value is -4.44. The van der Waals surface area contributed by atoms with Gasteiger partial charge in [-0.1, -0.05) is 123 Å². The zero-order chi connectivity index (χ0) is 36.3. The van der Waals surface area contributed by atoms with Gasteiger partial charge >= 0.3 is 0 Å². The summed E-state index contributed by atoms with van der Waals surface area (Å²) in [6.07, 6.45) is 13.4. The van der Waals surface area contributed by atoms with Crippen LogP contribution in [-0.4, -0.2) is 13.3 Å². The van der Waals surface area contributed by atoms with Gasteiger partial charge in [0.1, 0.15) is 5.76 Å². The van der Waals surface area contributed by atoms with Crippen LogP contribution in [0.3, 0.4) is 0 Å². The van der Waals surface area contributed by atoms with E-state index in [1.807, 2.05) is 18.4 Å². The van der Waals surface area contributed by atoms with E-state index in [0.717, 1.165) is 42.1 Å². The van der Waals surface area contributed by atoms with Gasteiger partial charge in [-0.3, -0.25) is 0 Å². The third-order valence-corrected chi connectivity index (χ3v) is 10.4. The molecular weight excluding hydrogens is 607 g/mol. The maximum Gasteiger partial charge on any atom is 0.244 e. The maximum atomic E-state index is 6.61. The standard InChI is InChI=1S/C46H57BN2O/c1-12-27-48-39-28-32(4)29-40(49-38-23-22-35(44(5,6)7)30-36(38)34-20-16-15-17-21-34)42(39)47(26-18-19-33(13-2)14-3)37-31-50-43-41(37)45(8,9)24-25-46(43,10)11/h12-13,15-23,26,28-31,48-49H,1-2,14,24-25,27H2,3-11H3/b26-18+,33-19+. The first-order chi connectivity index (χ1) is 23.7. The number of allylic oxidation sites excluding steroid dienone is 4. The Kier molecular flexibility index (Phi) is 10.9. The molecule has 0 spiro atoms. The Balaban J connectivity index is 1.80. The molecule has 0 saturated carbocycles. The highest BCUT2D eigenvalue weighted by molar-refractivity contribution is 6.91. The van der Waals surface area contributed by atoms with E-state index in [4.69, 9.17) is 4.42 Å². The molecule has 2 N–H and O–H groups in total. The first kappa shape index (κ1) is 36.8. The number of hydrogen-bond acceptors (Lipinski definition) is 3. The minimum Gasteiger partial charge on any atom is -0.469 e. The van der Waals surface area contributed by atoms with E-state index in [1.165, 1.54) is 44.3 Å². The smallest absolute Gasteiger partial charge is 0.244 e. The molecule has 0 unspecified atom stereocenters. The summed E-state index contributed by atoms with van der Waals surface area (Å²) in [5.74, 6) is 3.46. The fraction of sp³-hybridized carbons (Fsp3) is 0.348. The van der Waals surface area contributed by atoms with Crippen molar-refractivity contribution in [3.05, 3.63) is 138 Å². The van der Waals surface area contributed by atoms with Crippen LogP contribution in [0.1, 0.15) is 97.1 Å². The van der Waals surface area contributed by atoms with Gasteiger partial charge in [0, 0.05) is 34.6 Å². The zero-order valence-electron chi connectivity index (χ0n) is 32.0. The normalized spacial score (nSPS) is 15.4. The van der Waals surface area contributed by atoms with Crippen LogP contribution in [0.15, 0.2) is 120 Å². The first-order valence-electron chi connectivity index (χ1n) is 18.3. The van der Waals surface area contributed by atoms with Gasteiger partial charge in [0.2, 0.25) is 6.71 Å². The van der Waals surface area contributed by atoms with Crippen LogP contribution >= 0.6 is 0 Å². The number of aryl methyl sites for hydroxylation is 1. The van der Waals surface area contributed by atoms with E-state index in [2.05, 4.69) is 165 Å². The highest BCUT2D eigenvalue weighted by Crippen LogP contribution is 2.46. The second-order valence-electron chi connectivity index (χ2n) is 16.3. The molecule has 0 saturated heterocycles. The zero-order valence-corrected chi connectivity index (χ0v) is 32.0. The number of fused-ring (bicyclic) bond motifs is 1. The monoisotopic (exact) mass is 664 g/mol. The molecule has 0 amide bonds. The van der Waals surface area contributed by atoms with E-state index in [0.29, 0.717) is 6.54 Å². The molecule has 1 heterocycles. The molecule has 50 heavy (non-hydrogen) atoms. The molecule has 0 bridgehead atoms. The summed E-state index contributed by atoms with van der Waals surface area (Å²) in [6.45, 7) is 29.2. The van der Waals surface area contributed by atoms with Gasteiger partial charge < -0.3 is 15.1 Å². The summed E-state index contributed by atoms with van der Waals surface area (Å²) in [5, 5.41) is 7.73. The predicted molar refractivity (Wildman–Crippen MR) is 220 cm³/mol. The van der Waals surface area contributed by atoms with Gasteiger partial charge in [0.15, 0.2) is 0 Å². The number of benzene rings is 3. The third kappa shape index (κ3) is 7.80. The van der Waals surface area contributed by atoms with Crippen LogP contribution in [0.5, 0.6) is 0 Å². The van der Waals surface area contributed by atoms with Crippen LogP contribution in [0.4, 0.5) is 17.1 Å². The Morgan fingerprint density at radius 3 is 2.28 bits per heavy atom.